The first kappa shape index (κ1) is 11.0. The molecule has 1 saturated carbocycles. The van der Waals surface area contributed by atoms with Gasteiger partial charge in [-0.1, -0.05) is 13.8 Å². The van der Waals surface area contributed by atoms with Crippen molar-refractivity contribution in [2.45, 2.75) is 45.7 Å². The van der Waals surface area contributed by atoms with E-state index in [2.05, 4.69) is 10.6 Å². The molecule has 1 rings (SSSR count). The highest BCUT2D eigenvalue weighted by atomic mass is 16.2. The van der Waals surface area contributed by atoms with Crippen LogP contribution >= 0.6 is 0 Å². The summed E-state index contributed by atoms with van der Waals surface area (Å²) in [7, 11) is 0. The van der Waals surface area contributed by atoms with Gasteiger partial charge in [0.05, 0.1) is 0 Å². The number of hydrogen-bond acceptors (Lipinski definition) is 2. The van der Waals surface area contributed by atoms with E-state index in [9.17, 15) is 9.59 Å². The summed E-state index contributed by atoms with van der Waals surface area (Å²) in [6, 6.07) is -0.0774. The maximum Gasteiger partial charge on any atom is 0.242 e. The van der Waals surface area contributed by atoms with Crippen LogP contribution in [-0.2, 0) is 9.59 Å². The molecular formula is C10H18N2O2. The van der Waals surface area contributed by atoms with Gasteiger partial charge >= 0.3 is 0 Å². The Balaban J connectivity index is 2.28. The van der Waals surface area contributed by atoms with E-state index in [1.54, 1.807) is 20.8 Å². The molecule has 0 aromatic carbocycles. The minimum atomic E-state index is -0.425. The van der Waals surface area contributed by atoms with Gasteiger partial charge in [-0.25, -0.2) is 0 Å². The Bertz CT molecular complexity index is 234. The van der Waals surface area contributed by atoms with Crippen molar-refractivity contribution < 1.29 is 9.59 Å². The summed E-state index contributed by atoms with van der Waals surface area (Å²) in [4.78, 5) is 22.7. The molecule has 14 heavy (non-hydrogen) atoms. The molecule has 4 heteroatoms. The highest BCUT2D eigenvalue weighted by Crippen LogP contribution is 2.18. The lowest BCUT2D eigenvalue weighted by Crippen LogP contribution is -2.46. The van der Waals surface area contributed by atoms with Gasteiger partial charge in [0.15, 0.2) is 0 Å². The molecule has 4 nitrogen and oxygen atoms in total. The number of carbonyl (C=O) groups excluding carboxylic acids is 2. The number of carbonyl (C=O) groups is 2. The van der Waals surface area contributed by atoms with E-state index in [4.69, 9.17) is 0 Å². The average molecular weight is 198 g/mol. The van der Waals surface area contributed by atoms with Gasteiger partial charge in [-0.3, -0.25) is 9.59 Å². The van der Waals surface area contributed by atoms with Gasteiger partial charge in [-0.05, 0) is 19.8 Å². The first-order valence-corrected chi connectivity index (χ1v) is 5.11. The summed E-state index contributed by atoms with van der Waals surface area (Å²) in [6.45, 7) is 5.32. The van der Waals surface area contributed by atoms with Crippen LogP contribution in [0.4, 0.5) is 0 Å². The van der Waals surface area contributed by atoms with Crippen LogP contribution in [0.25, 0.3) is 0 Å². The fourth-order valence-electron chi connectivity index (χ4n) is 0.999. The van der Waals surface area contributed by atoms with Crippen LogP contribution in [0, 0.1) is 5.92 Å². The van der Waals surface area contributed by atoms with Crippen LogP contribution in [0.1, 0.15) is 33.6 Å². The van der Waals surface area contributed by atoms with Crippen molar-refractivity contribution in [1.29, 1.82) is 0 Å². The lowest BCUT2D eigenvalue weighted by molar-refractivity contribution is -0.130. The zero-order valence-electron chi connectivity index (χ0n) is 8.96. The molecule has 80 valence electrons. The van der Waals surface area contributed by atoms with E-state index >= 15 is 0 Å². The lowest BCUT2D eigenvalue weighted by atomic mass is 10.2. The van der Waals surface area contributed by atoms with Crippen molar-refractivity contribution in [2.24, 2.45) is 5.92 Å². The van der Waals surface area contributed by atoms with Crippen molar-refractivity contribution >= 4 is 11.8 Å². The Morgan fingerprint density at radius 3 is 2.14 bits per heavy atom. The molecule has 0 radical (unpaired) electrons. The summed E-state index contributed by atoms with van der Waals surface area (Å²) in [5, 5.41) is 5.51. The van der Waals surface area contributed by atoms with Gasteiger partial charge in [0.25, 0.3) is 0 Å². The smallest absolute Gasteiger partial charge is 0.242 e. The molecule has 0 aromatic heterocycles. The summed E-state index contributed by atoms with van der Waals surface area (Å²) >= 11 is 0. The summed E-state index contributed by atoms with van der Waals surface area (Å²) in [5.74, 6) is -0.240. The number of nitrogens with one attached hydrogen (secondary N) is 2. The van der Waals surface area contributed by atoms with Gasteiger partial charge in [0.1, 0.15) is 6.04 Å². The molecule has 0 bridgehead atoms. The number of amides is 2. The third-order valence-corrected chi connectivity index (χ3v) is 2.20. The highest BCUT2D eigenvalue weighted by Gasteiger charge is 2.26. The third-order valence-electron chi connectivity index (χ3n) is 2.20. The molecule has 2 amide bonds. The Morgan fingerprint density at radius 1 is 1.14 bits per heavy atom. The summed E-state index contributed by atoms with van der Waals surface area (Å²) in [6.07, 6.45) is 2.13. The van der Waals surface area contributed by atoms with E-state index in [0.29, 0.717) is 6.04 Å². The first-order valence-electron chi connectivity index (χ1n) is 5.11. The second-order valence-electron chi connectivity index (χ2n) is 4.17. The van der Waals surface area contributed by atoms with Crippen molar-refractivity contribution in [3.63, 3.8) is 0 Å². The molecule has 1 atom stereocenters. The van der Waals surface area contributed by atoms with E-state index in [0.717, 1.165) is 12.8 Å². The Hall–Kier alpha value is -1.06. The fraction of sp³-hybridized carbons (Fsp3) is 0.800. The SMILES string of the molecule is CC(C)C(=O)N[C@H](C)C(=O)NC1CC1. The zero-order valence-corrected chi connectivity index (χ0v) is 8.96. The summed E-state index contributed by atoms with van der Waals surface area (Å²) in [5.41, 5.74) is 0. The highest BCUT2D eigenvalue weighted by molar-refractivity contribution is 5.88. The third kappa shape index (κ3) is 3.36. The summed E-state index contributed by atoms with van der Waals surface area (Å²) < 4.78 is 0. The predicted octanol–water partition coefficient (Wildman–Crippen LogP) is 0.426. The van der Waals surface area contributed by atoms with Gasteiger partial charge in [0, 0.05) is 12.0 Å². The maximum absolute atomic E-state index is 11.4. The Kier molecular flexibility index (Phi) is 3.49. The van der Waals surface area contributed by atoms with E-state index in [1.807, 2.05) is 0 Å². The molecule has 2 N–H and O–H groups in total. The molecule has 0 spiro atoms. The van der Waals surface area contributed by atoms with E-state index in [-0.39, 0.29) is 17.7 Å². The number of hydrogen-bond donors (Lipinski definition) is 2. The Morgan fingerprint density at radius 2 is 1.71 bits per heavy atom. The van der Waals surface area contributed by atoms with Crippen LogP contribution in [0.15, 0.2) is 0 Å². The van der Waals surface area contributed by atoms with Crippen molar-refractivity contribution in [2.75, 3.05) is 0 Å². The van der Waals surface area contributed by atoms with Crippen LogP contribution in [0.3, 0.4) is 0 Å². The molecule has 1 fully saturated rings. The molecular weight excluding hydrogens is 180 g/mol. The minimum Gasteiger partial charge on any atom is -0.352 e. The van der Waals surface area contributed by atoms with Crippen molar-refractivity contribution in [3.05, 3.63) is 0 Å². The maximum atomic E-state index is 11.4. The van der Waals surface area contributed by atoms with Crippen molar-refractivity contribution in [3.8, 4) is 0 Å². The zero-order chi connectivity index (χ0) is 10.7. The van der Waals surface area contributed by atoms with Gasteiger partial charge in [-0.2, -0.15) is 0 Å². The second-order valence-corrected chi connectivity index (χ2v) is 4.17. The quantitative estimate of drug-likeness (QED) is 0.688. The molecule has 0 aromatic rings. The molecule has 1 aliphatic carbocycles. The topological polar surface area (TPSA) is 58.2 Å². The van der Waals surface area contributed by atoms with Gasteiger partial charge in [0.2, 0.25) is 11.8 Å². The molecule has 0 unspecified atom stereocenters. The molecule has 0 aliphatic heterocycles. The first-order chi connectivity index (χ1) is 6.50. The van der Waals surface area contributed by atoms with Crippen LogP contribution in [-0.4, -0.2) is 23.9 Å². The largest absolute Gasteiger partial charge is 0.352 e. The number of rotatable bonds is 4. The lowest BCUT2D eigenvalue weighted by Gasteiger charge is -2.15. The van der Waals surface area contributed by atoms with E-state index < -0.39 is 6.04 Å². The fourth-order valence-corrected chi connectivity index (χ4v) is 0.999. The molecule has 0 saturated heterocycles. The predicted molar refractivity (Wildman–Crippen MR) is 53.6 cm³/mol. The molecule has 0 heterocycles. The minimum absolute atomic E-state index is 0.0776. The van der Waals surface area contributed by atoms with Gasteiger partial charge < -0.3 is 10.6 Å². The average Bonchev–Trinajstić information content (AvgIpc) is 2.87. The Labute approximate surface area is 84.4 Å². The van der Waals surface area contributed by atoms with Gasteiger partial charge in [-0.15, -0.1) is 0 Å². The van der Waals surface area contributed by atoms with Crippen LogP contribution in [0.5, 0.6) is 0 Å². The second kappa shape index (κ2) is 4.44. The standard InChI is InChI=1S/C10H18N2O2/c1-6(2)9(13)11-7(3)10(14)12-8-4-5-8/h6-8H,4-5H2,1-3H3,(H,11,13)(H,12,14)/t7-/m1/s1. The van der Waals surface area contributed by atoms with Crippen molar-refractivity contribution in [1.82, 2.24) is 10.6 Å². The van der Waals surface area contributed by atoms with Crippen LogP contribution in [0.2, 0.25) is 0 Å². The monoisotopic (exact) mass is 198 g/mol. The normalized spacial score (nSPS) is 17.7. The van der Waals surface area contributed by atoms with Crippen LogP contribution < -0.4 is 10.6 Å². The van der Waals surface area contributed by atoms with E-state index in [1.165, 1.54) is 0 Å². The molecule has 1 aliphatic rings.